The summed E-state index contributed by atoms with van der Waals surface area (Å²) in [5.41, 5.74) is 0.981. The maximum absolute atomic E-state index is 13.4. The number of benzene rings is 2. The van der Waals surface area contributed by atoms with Crippen molar-refractivity contribution < 1.29 is 33.7 Å². The molecule has 0 aliphatic carbocycles. The van der Waals surface area contributed by atoms with Crippen molar-refractivity contribution >= 4 is 54.1 Å². The Morgan fingerprint density at radius 3 is 2.13 bits per heavy atom. The Labute approximate surface area is 262 Å². The highest BCUT2D eigenvalue weighted by Crippen LogP contribution is 2.24. The Kier molecular flexibility index (Phi) is 11.0. The summed E-state index contributed by atoms with van der Waals surface area (Å²) in [5.74, 6) is -0.861. The van der Waals surface area contributed by atoms with Gasteiger partial charge in [-0.25, -0.2) is 4.79 Å². The zero-order valence-corrected chi connectivity index (χ0v) is 24.8. The van der Waals surface area contributed by atoms with E-state index < -0.39 is 28.0 Å². The number of non-ortho nitro benzene ring substituents is 2. The zero-order chi connectivity index (χ0) is 32.5. The van der Waals surface area contributed by atoms with Crippen molar-refractivity contribution in [1.82, 2.24) is 15.1 Å². The number of ether oxygens (including phenoxy) is 2. The summed E-state index contributed by atoms with van der Waals surface area (Å²) in [5, 5.41) is 32.5. The van der Waals surface area contributed by atoms with Crippen LogP contribution in [0.25, 0.3) is 0 Å². The number of amides is 2. The quantitative estimate of drug-likeness (QED) is 0.0811. The smallest absolute Gasteiger partial charge is 0.435 e. The minimum atomic E-state index is -0.877. The maximum Gasteiger partial charge on any atom is 0.435 e. The maximum atomic E-state index is 13.4. The summed E-state index contributed by atoms with van der Waals surface area (Å²) in [6.45, 7) is 0.932. The van der Waals surface area contributed by atoms with Gasteiger partial charge in [-0.15, -0.1) is 0 Å². The lowest BCUT2D eigenvalue weighted by molar-refractivity contribution is -0.385. The molecule has 45 heavy (non-hydrogen) atoms. The number of amidine groups is 1. The Balaban J connectivity index is 1.20. The topological polar surface area (TPSA) is 211 Å². The highest BCUT2D eigenvalue weighted by atomic mass is 32.1. The zero-order valence-electron chi connectivity index (χ0n) is 23.9. The number of nitro groups is 2. The number of hydrogen-bond donors (Lipinski definition) is 3. The number of carbonyl (C=O) groups excluding carboxylic acids is 3. The first-order valence-electron chi connectivity index (χ1n) is 13.9. The summed E-state index contributed by atoms with van der Waals surface area (Å²) in [6.07, 6.45) is 1.09. The predicted molar refractivity (Wildman–Crippen MR) is 163 cm³/mol. The van der Waals surface area contributed by atoms with Gasteiger partial charge in [0, 0.05) is 55.2 Å². The lowest BCUT2D eigenvalue weighted by atomic mass is 10.2. The molecular weight excluding hydrogens is 610 g/mol. The van der Waals surface area contributed by atoms with E-state index >= 15 is 0 Å². The predicted octanol–water partition coefficient (Wildman–Crippen LogP) is 2.84. The second-order valence-electron chi connectivity index (χ2n) is 10.5. The molecule has 0 bridgehead atoms. The Hall–Kier alpha value is -5.06. The molecule has 2 aliphatic rings. The Morgan fingerprint density at radius 1 is 0.978 bits per heavy atom. The number of nitrogens with one attached hydrogen (secondary N) is 2. The van der Waals surface area contributed by atoms with Crippen LogP contribution >= 0.6 is 12.6 Å². The van der Waals surface area contributed by atoms with Gasteiger partial charge < -0.3 is 24.6 Å². The lowest BCUT2D eigenvalue weighted by Gasteiger charge is -2.26. The molecule has 17 heteroatoms. The summed E-state index contributed by atoms with van der Waals surface area (Å²) in [6, 6.07) is 10.3. The van der Waals surface area contributed by atoms with Gasteiger partial charge in [0.25, 0.3) is 11.4 Å². The van der Waals surface area contributed by atoms with Crippen LogP contribution in [0.5, 0.6) is 0 Å². The summed E-state index contributed by atoms with van der Waals surface area (Å²) in [4.78, 5) is 65.3. The first kappa shape index (κ1) is 32.8. The monoisotopic (exact) mass is 641 g/mol. The van der Waals surface area contributed by atoms with Crippen LogP contribution in [-0.4, -0.2) is 86.8 Å². The number of rotatable bonds is 11. The molecule has 4 rings (SSSR count). The van der Waals surface area contributed by atoms with Crippen LogP contribution < -0.4 is 5.32 Å². The lowest BCUT2D eigenvalue weighted by Crippen LogP contribution is -2.46. The number of nitro benzene ring substituents is 2. The second-order valence-corrected chi connectivity index (χ2v) is 11.2. The molecule has 0 aromatic heterocycles. The Bertz CT molecular complexity index is 1470. The second kappa shape index (κ2) is 15.1. The van der Waals surface area contributed by atoms with Crippen LogP contribution in [0.15, 0.2) is 53.5 Å². The minimum Gasteiger partial charge on any atom is -0.460 e. The first-order chi connectivity index (χ1) is 21.5. The van der Waals surface area contributed by atoms with Crippen molar-refractivity contribution in [3.05, 3.63) is 79.9 Å². The number of carbonyl (C=O) groups is 3. The summed E-state index contributed by atoms with van der Waals surface area (Å²) >= 11 is 4.50. The van der Waals surface area contributed by atoms with Crippen LogP contribution in [0.3, 0.4) is 0 Å². The van der Waals surface area contributed by atoms with Crippen LogP contribution in [0.1, 0.15) is 30.4 Å². The van der Waals surface area contributed by atoms with Gasteiger partial charge in [0.2, 0.25) is 5.91 Å². The van der Waals surface area contributed by atoms with E-state index in [1.807, 2.05) is 0 Å². The molecule has 2 heterocycles. The molecule has 2 saturated heterocycles. The molecule has 2 aromatic rings. The van der Waals surface area contributed by atoms with Gasteiger partial charge in [0.1, 0.15) is 31.5 Å². The normalized spacial score (nSPS) is 19.4. The molecule has 2 fully saturated rings. The molecule has 2 N–H and O–H groups in total. The van der Waals surface area contributed by atoms with E-state index in [0.29, 0.717) is 43.6 Å². The summed E-state index contributed by atoms with van der Waals surface area (Å²) < 4.78 is 10.3. The number of esters is 1. The average molecular weight is 642 g/mol. The van der Waals surface area contributed by atoms with Gasteiger partial charge in [-0.1, -0.05) is 0 Å². The number of likely N-dealkylation sites (tertiary alicyclic amines) is 2. The van der Waals surface area contributed by atoms with Gasteiger partial charge in [-0.2, -0.15) is 17.6 Å². The van der Waals surface area contributed by atoms with E-state index in [-0.39, 0.29) is 54.0 Å². The van der Waals surface area contributed by atoms with E-state index in [1.165, 1.54) is 54.9 Å². The minimum absolute atomic E-state index is 0.0553. The van der Waals surface area contributed by atoms with E-state index in [4.69, 9.17) is 14.9 Å². The van der Waals surface area contributed by atoms with Crippen molar-refractivity contribution in [2.24, 2.45) is 4.99 Å². The molecule has 0 spiro atoms. The highest BCUT2D eigenvalue weighted by molar-refractivity contribution is 7.81. The molecular formula is C28H31N7O9S. The fourth-order valence-electron chi connectivity index (χ4n) is 4.89. The average Bonchev–Trinajstić information content (AvgIpc) is 3.63. The molecule has 2 aromatic carbocycles. The SMILES string of the molecule is N=C(CC(=O)OCc1ccc([N+](=O)[O-])cc1)N[C@H]1CCN(C(=O)[C@@H]2C[C@H](S)CN2C=NC(=O)OCc2ccc([N+](=O)[O-])cc2)C1. The highest BCUT2D eigenvalue weighted by Gasteiger charge is 2.39. The van der Waals surface area contributed by atoms with Gasteiger partial charge in [-0.3, -0.25) is 35.2 Å². The van der Waals surface area contributed by atoms with Crippen molar-refractivity contribution in [2.75, 3.05) is 19.6 Å². The molecule has 2 amide bonds. The van der Waals surface area contributed by atoms with Crippen LogP contribution in [0.2, 0.25) is 0 Å². The van der Waals surface area contributed by atoms with E-state index in [0.717, 1.165) is 0 Å². The van der Waals surface area contributed by atoms with E-state index in [9.17, 15) is 34.6 Å². The number of aliphatic imine (C=N–C) groups is 1. The van der Waals surface area contributed by atoms with Gasteiger partial charge >= 0.3 is 12.1 Å². The van der Waals surface area contributed by atoms with Crippen molar-refractivity contribution in [3.8, 4) is 0 Å². The molecule has 0 saturated carbocycles. The van der Waals surface area contributed by atoms with Crippen LogP contribution in [-0.2, 0) is 32.3 Å². The first-order valence-corrected chi connectivity index (χ1v) is 14.4. The largest absolute Gasteiger partial charge is 0.460 e. The number of thiol groups is 1. The summed E-state index contributed by atoms with van der Waals surface area (Å²) in [7, 11) is 0. The third-order valence-electron chi connectivity index (χ3n) is 7.17. The van der Waals surface area contributed by atoms with Crippen LogP contribution in [0.4, 0.5) is 16.2 Å². The van der Waals surface area contributed by atoms with Crippen LogP contribution in [0, 0.1) is 25.6 Å². The number of nitrogens with zero attached hydrogens (tertiary/aromatic N) is 5. The van der Waals surface area contributed by atoms with Gasteiger partial charge in [0.15, 0.2) is 0 Å². The third-order valence-corrected chi connectivity index (χ3v) is 7.54. The number of hydrogen-bond acceptors (Lipinski definition) is 11. The molecule has 3 atom stereocenters. The van der Waals surface area contributed by atoms with Gasteiger partial charge in [0.05, 0.1) is 16.2 Å². The van der Waals surface area contributed by atoms with Crippen molar-refractivity contribution in [2.45, 2.75) is 49.8 Å². The van der Waals surface area contributed by atoms with E-state index in [1.54, 1.807) is 9.80 Å². The molecule has 0 radical (unpaired) electrons. The third kappa shape index (κ3) is 9.46. The molecule has 2 aliphatic heterocycles. The molecule has 238 valence electrons. The Morgan fingerprint density at radius 2 is 1.56 bits per heavy atom. The fraction of sp³-hybridized carbons (Fsp3) is 0.393. The molecule has 0 unspecified atom stereocenters. The molecule has 16 nitrogen and oxygen atoms in total. The van der Waals surface area contributed by atoms with E-state index in [2.05, 4.69) is 22.9 Å². The van der Waals surface area contributed by atoms with Crippen molar-refractivity contribution in [1.29, 1.82) is 5.41 Å². The van der Waals surface area contributed by atoms with Gasteiger partial charge in [-0.05, 0) is 48.2 Å². The standard InChI is InChI=1S/C28H31N7O9S/c29-25(12-26(36)43-15-18-1-5-21(6-2-18)34(39)40)31-20-9-10-32(13-20)27(37)24-11-23(45)14-33(24)17-30-28(38)44-16-19-3-7-22(8-4-19)35(41)42/h1-8,17,20,23-24,45H,9-16H2,(H2,29,31)/t20-,23-,24-/m0/s1. The fourth-order valence-corrected chi connectivity index (χ4v) is 5.27. The van der Waals surface area contributed by atoms with Crippen molar-refractivity contribution in [3.63, 3.8) is 0 Å².